The van der Waals surface area contributed by atoms with E-state index in [0.29, 0.717) is 5.41 Å². The van der Waals surface area contributed by atoms with Crippen molar-refractivity contribution in [2.24, 2.45) is 5.41 Å². The molecule has 1 atom stereocenters. The van der Waals surface area contributed by atoms with Gasteiger partial charge < -0.3 is 10.4 Å². The van der Waals surface area contributed by atoms with Gasteiger partial charge in [0.1, 0.15) is 0 Å². The van der Waals surface area contributed by atoms with Crippen LogP contribution in [0.1, 0.15) is 53.9 Å². The Bertz CT molecular complexity index is 245. The minimum Gasteiger partial charge on any atom is -0.395 e. The third-order valence-corrected chi connectivity index (χ3v) is 3.93. The van der Waals surface area contributed by atoms with Crippen LogP contribution in [0.2, 0.25) is 0 Å². The van der Waals surface area contributed by atoms with Gasteiger partial charge in [0.05, 0.1) is 6.61 Å². The molecule has 0 aliphatic heterocycles. The maximum atomic E-state index is 9.18. The lowest BCUT2D eigenvalue weighted by Gasteiger charge is -2.37. The van der Waals surface area contributed by atoms with E-state index in [-0.39, 0.29) is 12.1 Å². The second-order valence-electron chi connectivity index (χ2n) is 7.19. The van der Waals surface area contributed by atoms with Crippen molar-refractivity contribution in [1.29, 1.82) is 0 Å². The summed E-state index contributed by atoms with van der Waals surface area (Å²) in [6.07, 6.45) is 3.80. The number of rotatable bonds is 8. The van der Waals surface area contributed by atoms with Crippen LogP contribution in [-0.2, 0) is 0 Å². The van der Waals surface area contributed by atoms with Gasteiger partial charge in [-0.25, -0.2) is 0 Å². The summed E-state index contributed by atoms with van der Waals surface area (Å²) in [5.74, 6) is 0. The predicted molar refractivity (Wildman–Crippen MR) is 77.8 cm³/mol. The molecule has 1 rings (SSSR count). The Balaban J connectivity index is 2.51. The Hall–Kier alpha value is -0.120. The van der Waals surface area contributed by atoms with Gasteiger partial charge in [-0.1, -0.05) is 13.8 Å². The Kier molecular flexibility index (Phi) is 5.63. The van der Waals surface area contributed by atoms with Crippen LogP contribution in [0.15, 0.2) is 0 Å². The van der Waals surface area contributed by atoms with Gasteiger partial charge in [0.15, 0.2) is 0 Å². The highest BCUT2D eigenvalue weighted by atomic mass is 16.3. The molecule has 1 aliphatic rings. The average molecular weight is 256 g/mol. The Morgan fingerprint density at radius 3 is 2.22 bits per heavy atom. The first-order valence-electron chi connectivity index (χ1n) is 7.39. The van der Waals surface area contributed by atoms with Gasteiger partial charge in [-0.05, 0) is 45.4 Å². The fourth-order valence-corrected chi connectivity index (χ4v) is 2.22. The molecule has 3 nitrogen and oxygen atoms in total. The lowest BCUT2D eigenvalue weighted by Crippen LogP contribution is -2.48. The van der Waals surface area contributed by atoms with Crippen molar-refractivity contribution in [2.75, 3.05) is 26.2 Å². The standard InChI is InChI=1S/C15H32N2O/c1-6-15(5,11-16-14(2,3)4)12-17(9-10-18)13-7-8-13/h13,16,18H,6-12H2,1-5H3. The van der Waals surface area contributed by atoms with Crippen molar-refractivity contribution in [3.8, 4) is 0 Å². The minimum absolute atomic E-state index is 0.178. The van der Waals surface area contributed by atoms with E-state index in [9.17, 15) is 5.11 Å². The minimum atomic E-state index is 0.178. The molecule has 0 radical (unpaired) electrons. The molecule has 2 N–H and O–H groups in total. The second-order valence-corrected chi connectivity index (χ2v) is 7.19. The molecule has 0 heterocycles. The molecule has 0 aromatic carbocycles. The summed E-state index contributed by atoms with van der Waals surface area (Å²) < 4.78 is 0. The molecule has 18 heavy (non-hydrogen) atoms. The smallest absolute Gasteiger partial charge is 0.0558 e. The van der Waals surface area contributed by atoms with E-state index in [1.165, 1.54) is 19.3 Å². The molecule has 0 spiro atoms. The van der Waals surface area contributed by atoms with Gasteiger partial charge >= 0.3 is 0 Å². The van der Waals surface area contributed by atoms with E-state index in [2.05, 4.69) is 44.8 Å². The fraction of sp³-hybridized carbons (Fsp3) is 1.00. The normalized spacial score (nSPS) is 20.2. The van der Waals surface area contributed by atoms with Crippen LogP contribution in [0, 0.1) is 5.41 Å². The second kappa shape index (κ2) is 6.36. The van der Waals surface area contributed by atoms with E-state index in [4.69, 9.17) is 0 Å². The van der Waals surface area contributed by atoms with Crippen molar-refractivity contribution in [3.05, 3.63) is 0 Å². The summed E-state index contributed by atoms with van der Waals surface area (Å²) in [7, 11) is 0. The fourth-order valence-electron chi connectivity index (χ4n) is 2.22. The number of hydrogen-bond donors (Lipinski definition) is 2. The van der Waals surface area contributed by atoms with Crippen LogP contribution in [0.5, 0.6) is 0 Å². The predicted octanol–water partition coefficient (Wildman–Crippen LogP) is 2.25. The average Bonchev–Trinajstić information content (AvgIpc) is 3.09. The van der Waals surface area contributed by atoms with E-state index < -0.39 is 0 Å². The van der Waals surface area contributed by atoms with Crippen molar-refractivity contribution >= 4 is 0 Å². The first-order chi connectivity index (χ1) is 8.29. The third kappa shape index (κ3) is 5.68. The molecule has 1 unspecified atom stereocenters. The van der Waals surface area contributed by atoms with Gasteiger partial charge in [-0.15, -0.1) is 0 Å². The topological polar surface area (TPSA) is 35.5 Å². The largest absolute Gasteiger partial charge is 0.395 e. The Morgan fingerprint density at radius 2 is 1.83 bits per heavy atom. The zero-order chi connectivity index (χ0) is 13.8. The van der Waals surface area contributed by atoms with Crippen LogP contribution in [0.25, 0.3) is 0 Å². The molecule has 0 bridgehead atoms. The van der Waals surface area contributed by atoms with E-state index in [0.717, 1.165) is 25.7 Å². The highest BCUT2D eigenvalue weighted by molar-refractivity contribution is 4.90. The number of nitrogens with one attached hydrogen (secondary N) is 1. The van der Waals surface area contributed by atoms with Gasteiger partial charge in [0.25, 0.3) is 0 Å². The maximum Gasteiger partial charge on any atom is 0.0558 e. The first-order valence-corrected chi connectivity index (χ1v) is 7.39. The Labute approximate surface area is 113 Å². The Morgan fingerprint density at radius 1 is 1.22 bits per heavy atom. The zero-order valence-electron chi connectivity index (χ0n) is 12.9. The number of aliphatic hydroxyl groups excluding tert-OH is 1. The summed E-state index contributed by atoms with van der Waals surface area (Å²) >= 11 is 0. The van der Waals surface area contributed by atoms with Crippen LogP contribution in [0.4, 0.5) is 0 Å². The summed E-state index contributed by atoms with van der Waals surface area (Å²) in [6.45, 7) is 14.5. The van der Waals surface area contributed by atoms with Crippen molar-refractivity contribution in [1.82, 2.24) is 10.2 Å². The highest BCUT2D eigenvalue weighted by Crippen LogP contribution is 2.31. The number of nitrogens with zero attached hydrogens (tertiary/aromatic N) is 1. The van der Waals surface area contributed by atoms with E-state index >= 15 is 0 Å². The van der Waals surface area contributed by atoms with Crippen molar-refractivity contribution < 1.29 is 5.11 Å². The van der Waals surface area contributed by atoms with E-state index in [1.807, 2.05) is 0 Å². The lowest BCUT2D eigenvalue weighted by atomic mass is 9.85. The molecular weight excluding hydrogens is 224 g/mol. The third-order valence-electron chi connectivity index (χ3n) is 3.93. The molecule has 0 amide bonds. The lowest BCUT2D eigenvalue weighted by molar-refractivity contribution is 0.117. The van der Waals surface area contributed by atoms with Crippen LogP contribution in [0.3, 0.4) is 0 Å². The molecule has 0 saturated heterocycles. The molecule has 0 aromatic heterocycles. The first kappa shape index (κ1) is 15.9. The summed E-state index contributed by atoms with van der Waals surface area (Å²) in [5, 5.41) is 12.8. The summed E-state index contributed by atoms with van der Waals surface area (Å²) in [4.78, 5) is 2.48. The molecule has 108 valence electrons. The molecule has 1 aliphatic carbocycles. The zero-order valence-corrected chi connectivity index (χ0v) is 12.9. The molecule has 1 fully saturated rings. The maximum absolute atomic E-state index is 9.18. The van der Waals surface area contributed by atoms with Crippen molar-refractivity contribution in [3.63, 3.8) is 0 Å². The van der Waals surface area contributed by atoms with E-state index in [1.54, 1.807) is 0 Å². The molecular formula is C15H32N2O. The summed E-state index contributed by atoms with van der Waals surface area (Å²) in [6, 6.07) is 0.734. The van der Waals surface area contributed by atoms with Crippen LogP contribution >= 0.6 is 0 Å². The monoisotopic (exact) mass is 256 g/mol. The van der Waals surface area contributed by atoms with Gasteiger partial charge in [0, 0.05) is 31.2 Å². The molecule has 3 heteroatoms. The van der Waals surface area contributed by atoms with Gasteiger partial charge in [0.2, 0.25) is 0 Å². The molecule has 0 aromatic rings. The number of hydrogen-bond acceptors (Lipinski definition) is 3. The van der Waals surface area contributed by atoms with Crippen LogP contribution in [-0.4, -0.2) is 47.8 Å². The van der Waals surface area contributed by atoms with Crippen molar-refractivity contribution in [2.45, 2.75) is 65.5 Å². The summed E-state index contributed by atoms with van der Waals surface area (Å²) in [5.41, 5.74) is 0.475. The van der Waals surface area contributed by atoms with Crippen LogP contribution < -0.4 is 5.32 Å². The number of aliphatic hydroxyl groups is 1. The van der Waals surface area contributed by atoms with Gasteiger partial charge in [-0.3, -0.25) is 4.90 Å². The SMILES string of the molecule is CCC(C)(CNC(C)(C)C)CN(CCO)C1CC1. The quantitative estimate of drug-likeness (QED) is 0.699. The van der Waals surface area contributed by atoms with Gasteiger partial charge in [-0.2, -0.15) is 0 Å². The highest BCUT2D eigenvalue weighted by Gasteiger charge is 2.34. The molecule has 1 saturated carbocycles.